The summed E-state index contributed by atoms with van der Waals surface area (Å²) in [4.78, 5) is 44.5. The molecule has 1 spiro atoms. The van der Waals surface area contributed by atoms with Gasteiger partial charge >= 0.3 is 5.97 Å². The summed E-state index contributed by atoms with van der Waals surface area (Å²) in [6.45, 7) is 13.1. The number of ether oxygens (including phenoxy) is 1. The smallest absolute Gasteiger partial charge is 0.310 e. The third kappa shape index (κ3) is 4.45. The molecule has 33 heavy (non-hydrogen) atoms. The van der Waals surface area contributed by atoms with Gasteiger partial charge in [-0.15, -0.1) is 18.3 Å². The number of esters is 1. The van der Waals surface area contributed by atoms with Gasteiger partial charge in [0.1, 0.15) is 6.04 Å². The fraction of sp³-hybridized carbons (Fsp3) is 0.800. The van der Waals surface area contributed by atoms with Crippen molar-refractivity contribution in [2.45, 2.75) is 81.9 Å². The van der Waals surface area contributed by atoms with Gasteiger partial charge in [0.2, 0.25) is 11.8 Å². The number of fused-ring (bicyclic) bond motifs is 1. The normalized spacial score (nSPS) is 32.4. The monoisotopic (exact) mass is 480 g/mol. The number of hydrogen-bond acceptors (Lipinski definition) is 6. The number of likely N-dealkylation sites (tertiary alicyclic amines) is 1. The number of carbonyl (C=O) groups excluding carboxylic acids is 3. The maximum absolute atomic E-state index is 14.1. The molecule has 3 aliphatic rings. The van der Waals surface area contributed by atoms with Crippen LogP contribution in [-0.2, 0) is 19.1 Å². The molecular formula is C25H40N2O5S. The maximum atomic E-state index is 14.1. The molecule has 7 nitrogen and oxygen atoms in total. The molecule has 3 unspecified atom stereocenters. The van der Waals surface area contributed by atoms with Crippen molar-refractivity contribution in [3.63, 3.8) is 0 Å². The molecule has 0 aromatic rings. The first-order valence-electron chi connectivity index (χ1n) is 12.4. The summed E-state index contributed by atoms with van der Waals surface area (Å²) in [5.41, 5.74) is 0. The molecule has 3 heterocycles. The number of amides is 2. The van der Waals surface area contributed by atoms with Gasteiger partial charge in [-0.25, -0.2) is 0 Å². The minimum atomic E-state index is -0.602. The van der Waals surface area contributed by atoms with Crippen LogP contribution in [0, 0.1) is 17.8 Å². The van der Waals surface area contributed by atoms with Gasteiger partial charge in [-0.3, -0.25) is 14.4 Å². The predicted octanol–water partition coefficient (Wildman–Crippen LogP) is 2.86. The zero-order valence-electron chi connectivity index (χ0n) is 20.5. The lowest BCUT2D eigenvalue weighted by Gasteiger charge is -2.41. The second-order valence-electron chi connectivity index (χ2n) is 9.85. The van der Waals surface area contributed by atoms with E-state index in [0.717, 1.165) is 32.1 Å². The van der Waals surface area contributed by atoms with Crippen LogP contribution in [0.5, 0.6) is 0 Å². The fourth-order valence-electron chi connectivity index (χ4n) is 6.15. The van der Waals surface area contributed by atoms with Gasteiger partial charge in [0, 0.05) is 31.0 Å². The van der Waals surface area contributed by atoms with E-state index in [1.165, 1.54) is 0 Å². The fourth-order valence-corrected chi connectivity index (χ4v) is 8.55. The van der Waals surface area contributed by atoms with E-state index >= 15 is 0 Å². The highest BCUT2D eigenvalue weighted by atomic mass is 32.2. The summed E-state index contributed by atoms with van der Waals surface area (Å²) >= 11 is 1.69. The van der Waals surface area contributed by atoms with Gasteiger partial charge in [-0.05, 0) is 46.0 Å². The Hall–Kier alpha value is -1.54. The Balaban J connectivity index is 1.98. The first kappa shape index (κ1) is 26.1. The number of rotatable bonds is 12. The van der Waals surface area contributed by atoms with Gasteiger partial charge in [0.05, 0.1) is 23.2 Å². The Morgan fingerprint density at radius 1 is 1.33 bits per heavy atom. The van der Waals surface area contributed by atoms with E-state index in [4.69, 9.17) is 9.84 Å². The topological polar surface area (TPSA) is 87.2 Å². The first-order chi connectivity index (χ1) is 15.8. The minimum absolute atomic E-state index is 0.0157. The van der Waals surface area contributed by atoms with Gasteiger partial charge in [-0.1, -0.05) is 25.8 Å². The van der Waals surface area contributed by atoms with Crippen LogP contribution in [0.3, 0.4) is 0 Å². The van der Waals surface area contributed by atoms with E-state index in [9.17, 15) is 14.4 Å². The lowest BCUT2D eigenvalue weighted by molar-refractivity contribution is -0.154. The zero-order chi connectivity index (χ0) is 24.3. The van der Waals surface area contributed by atoms with Crippen molar-refractivity contribution in [1.82, 2.24) is 9.80 Å². The van der Waals surface area contributed by atoms with Crippen molar-refractivity contribution in [2.75, 3.05) is 26.3 Å². The van der Waals surface area contributed by atoms with Crippen LogP contribution in [0.15, 0.2) is 12.7 Å². The summed E-state index contributed by atoms with van der Waals surface area (Å²) in [7, 11) is 0. The number of carbonyl (C=O) groups is 3. The molecule has 0 saturated carbocycles. The van der Waals surface area contributed by atoms with Gasteiger partial charge in [-0.2, -0.15) is 0 Å². The summed E-state index contributed by atoms with van der Waals surface area (Å²) in [5.74, 6) is -1.26. The molecule has 2 amide bonds. The molecule has 6 atom stereocenters. The van der Waals surface area contributed by atoms with Crippen molar-refractivity contribution in [2.24, 2.45) is 17.8 Å². The van der Waals surface area contributed by atoms with E-state index in [1.807, 2.05) is 13.8 Å². The molecule has 0 aromatic carbocycles. The molecule has 8 heteroatoms. The molecule has 0 aliphatic carbocycles. The number of aliphatic hydroxyl groups is 1. The predicted molar refractivity (Wildman–Crippen MR) is 130 cm³/mol. The van der Waals surface area contributed by atoms with Crippen LogP contribution >= 0.6 is 11.8 Å². The third-order valence-electron chi connectivity index (χ3n) is 7.58. The number of aliphatic hydroxyl groups excluding tert-OH is 1. The van der Waals surface area contributed by atoms with Crippen LogP contribution in [-0.4, -0.2) is 81.1 Å². The number of thioether (sulfide) groups is 1. The van der Waals surface area contributed by atoms with Crippen LogP contribution in [0.4, 0.5) is 0 Å². The Morgan fingerprint density at radius 2 is 2.03 bits per heavy atom. The lowest BCUT2D eigenvalue weighted by Crippen LogP contribution is -2.58. The largest absolute Gasteiger partial charge is 0.466 e. The molecule has 3 rings (SSSR count). The highest BCUT2D eigenvalue weighted by Crippen LogP contribution is 2.68. The molecule has 2 bridgehead atoms. The summed E-state index contributed by atoms with van der Waals surface area (Å²) < 4.78 is 4.79. The van der Waals surface area contributed by atoms with Gasteiger partial charge in [0.25, 0.3) is 0 Å². The SMILES string of the molecule is C=CCN(C(=O)C1N(CCCCCCO)C(=O)[C@@H]2[C@H](C(=O)OCC)[C@@H]3CC(C)C12S3)C(C)C. The average Bonchev–Trinajstić information content (AvgIpc) is 3.35. The quantitative estimate of drug-likeness (QED) is 0.263. The molecule has 3 fully saturated rings. The van der Waals surface area contributed by atoms with Crippen LogP contribution in [0.2, 0.25) is 0 Å². The van der Waals surface area contributed by atoms with E-state index in [2.05, 4.69) is 13.5 Å². The van der Waals surface area contributed by atoms with Crippen molar-refractivity contribution < 1.29 is 24.2 Å². The molecular weight excluding hydrogens is 440 g/mol. The third-order valence-corrected chi connectivity index (χ3v) is 9.65. The maximum Gasteiger partial charge on any atom is 0.310 e. The molecule has 0 aromatic heterocycles. The van der Waals surface area contributed by atoms with Crippen molar-refractivity contribution in [3.8, 4) is 0 Å². The van der Waals surface area contributed by atoms with Crippen LogP contribution < -0.4 is 0 Å². The Bertz CT molecular complexity index is 759. The average molecular weight is 481 g/mol. The second-order valence-corrected chi connectivity index (χ2v) is 11.4. The number of hydrogen-bond donors (Lipinski definition) is 1. The Labute approximate surface area is 202 Å². The summed E-state index contributed by atoms with van der Waals surface area (Å²) in [6, 6.07) is -0.605. The highest BCUT2D eigenvalue weighted by molar-refractivity contribution is 8.02. The summed E-state index contributed by atoms with van der Waals surface area (Å²) in [5, 5.41) is 9.08. The molecule has 186 valence electrons. The Kier molecular flexibility index (Phi) is 8.54. The van der Waals surface area contributed by atoms with E-state index in [-0.39, 0.29) is 48.2 Å². The standard InChI is InChI=1S/C25H40N2O5S/c1-6-12-26(16(3)4)23(30)21-25-17(5)15-18(33-25)19(24(31)32-7-2)20(25)22(29)27(21)13-10-8-9-11-14-28/h6,16-21,28H,1,7-15H2,2-5H3/t17?,18-,19+,20-,21?,25?/m0/s1. The van der Waals surface area contributed by atoms with Gasteiger partial charge in [0.15, 0.2) is 0 Å². The van der Waals surface area contributed by atoms with Crippen molar-refractivity contribution >= 4 is 29.5 Å². The highest BCUT2D eigenvalue weighted by Gasteiger charge is 2.76. The van der Waals surface area contributed by atoms with Crippen molar-refractivity contribution in [3.05, 3.63) is 12.7 Å². The zero-order valence-corrected chi connectivity index (χ0v) is 21.3. The summed E-state index contributed by atoms with van der Waals surface area (Å²) in [6.07, 6.45) is 5.83. The first-order valence-corrected chi connectivity index (χ1v) is 13.3. The second kappa shape index (κ2) is 10.8. The number of nitrogens with zero attached hydrogens (tertiary/aromatic N) is 2. The Morgan fingerprint density at radius 3 is 2.64 bits per heavy atom. The minimum Gasteiger partial charge on any atom is -0.466 e. The molecule has 3 saturated heterocycles. The van der Waals surface area contributed by atoms with Gasteiger partial charge < -0.3 is 19.6 Å². The van der Waals surface area contributed by atoms with Crippen LogP contribution in [0.25, 0.3) is 0 Å². The van der Waals surface area contributed by atoms with E-state index in [1.54, 1.807) is 34.6 Å². The number of unbranched alkanes of at least 4 members (excludes halogenated alkanes) is 3. The molecule has 1 N–H and O–H groups in total. The molecule has 3 aliphatic heterocycles. The molecule has 0 radical (unpaired) electrons. The van der Waals surface area contributed by atoms with Crippen molar-refractivity contribution in [1.29, 1.82) is 0 Å². The van der Waals surface area contributed by atoms with E-state index < -0.39 is 22.6 Å². The lowest BCUT2D eigenvalue weighted by atomic mass is 9.66. The van der Waals surface area contributed by atoms with E-state index in [0.29, 0.717) is 13.1 Å². The van der Waals surface area contributed by atoms with Crippen LogP contribution in [0.1, 0.15) is 59.8 Å².